The Morgan fingerprint density at radius 2 is 1.67 bits per heavy atom. The summed E-state index contributed by atoms with van der Waals surface area (Å²) in [6.07, 6.45) is 0. The lowest BCUT2D eigenvalue weighted by Gasteiger charge is -2.11. The van der Waals surface area contributed by atoms with E-state index in [-0.39, 0.29) is 5.48 Å². The maximum atomic E-state index is 8.50. The van der Waals surface area contributed by atoms with Gasteiger partial charge in [0.25, 0.3) is 0 Å². The van der Waals surface area contributed by atoms with Gasteiger partial charge in [0.05, 0.1) is 11.6 Å². The van der Waals surface area contributed by atoms with E-state index in [9.17, 15) is 0 Å². The molecule has 0 aliphatic rings. The quantitative estimate of drug-likeness (QED) is 0.616. The van der Waals surface area contributed by atoms with Crippen molar-refractivity contribution >= 4 is 5.69 Å². The van der Waals surface area contributed by atoms with Gasteiger partial charge >= 0.3 is 0 Å². The SMILES string of the molecule is CN(C)c1ccc(C#N)cc1.O. The van der Waals surface area contributed by atoms with Crippen molar-refractivity contribution in [3.05, 3.63) is 29.8 Å². The predicted molar refractivity (Wildman–Crippen MR) is 49.1 cm³/mol. The number of hydrogen-bond donors (Lipinski definition) is 0. The molecule has 0 bridgehead atoms. The highest BCUT2D eigenvalue weighted by Gasteiger charge is 1.93. The van der Waals surface area contributed by atoms with Crippen molar-refractivity contribution in [2.24, 2.45) is 0 Å². The summed E-state index contributed by atoms with van der Waals surface area (Å²) in [4.78, 5) is 2.00. The van der Waals surface area contributed by atoms with Crippen LogP contribution in [0.2, 0.25) is 0 Å². The van der Waals surface area contributed by atoms with Gasteiger partial charge in [-0.25, -0.2) is 0 Å². The molecule has 64 valence electrons. The molecular weight excluding hydrogens is 152 g/mol. The van der Waals surface area contributed by atoms with E-state index in [4.69, 9.17) is 5.26 Å². The van der Waals surface area contributed by atoms with Crippen LogP contribution in [0.25, 0.3) is 0 Å². The Morgan fingerprint density at radius 3 is 2.00 bits per heavy atom. The molecule has 0 heterocycles. The van der Waals surface area contributed by atoms with Crippen LogP contribution in [0.1, 0.15) is 5.56 Å². The fourth-order valence-corrected chi connectivity index (χ4v) is 0.834. The summed E-state index contributed by atoms with van der Waals surface area (Å²) in [7, 11) is 3.95. The van der Waals surface area contributed by atoms with Gasteiger partial charge in [-0.1, -0.05) is 0 Å². The Bertz CT molecular complexity index is 272. The fraction of sp³-hybridized carbons (Fsp3) is 0.222. The van der Waals surface area contributed by atoms with Crippen LogP contribution in [-0.4, -0.2) is 19.6 Å². The van der Waals surface area contributed by atoms with Gasteiger partial charge in [0.15, 0.2) is 0 Å². The second-order valence-corrected chi connectivity index (χ2v) is 2.55. The lowest BCUT2D eigenvalue weighted by molar-refractivity contribution is 0.824. The normalized spacial score (nSPS) is 8.08. The van der Waals surface area contributed by atoms with E-state index in [0.717, 1.165) is 5.69 Å². The Labute approximate surface area is 72.2 Å². The summed E-state index contributed by atoms with van der Waals surface area (Å²) >= 11 is 0. The Balaban J connectivity index is 0.00000121. The summed E-state index contributed by atoms with van der Waals surface area (Å²) in [5.41, 5.74) is 1.82. The Kier molecular flexibility index (Phi) is 3.81. The second kappa shape index (κ2) is 4.37. The highest BCUT2D eigenvalue weighted by atomic mass is 16.0. The van der Waals surface area contributed by atoms with Crippen molar-refractivity contribution in [1.82, 2.24) is 0 Å². The van der Waals surface area contributed by atoms with Crippen LogP contribution in [0.4, 0.5) is 5.69 Å². The molecule has 0 amide bonds. The summed E-state index contributed by atoms with van der Waals surface area (Å²) < 4.78 is 0. The second-order valence-electron chi connectivity index (χ2n) is 2.55. The third-order valence-corrected chi connectivity index (χ3v) is 1.51. The molecule has 2 N–H and O–H groups in total. The first kappa shape index (κ1) is 10.5. The predicted octanol–water partition coefficient (Wildman–Crippen LogP) is 0.800. The van der Waals surface area contributed by atoms with E-state index in [2.05, 4.69) is 6.07 Å². The van der Waals surface area contributed by atoms with Crippen LogP contribution in [-0.2, 0) is 0 Å². The third kappa shape index (κ3) is 2.26. The first-order valence-corrected chi connectivity index (χ1v) is 3.41. The Morgan fingerprint density at radius 1 is 1.17 bits per heavy atom. The van der Waals surface area contributed by atoms with E-state index in [1.807, 2.05) is 43.3 Å². The van der Waals surface area contributed by atoms with Crippen LogP contribution >= 0.6 is 0 Å². The molecule has 0 unspecified atom stereocenters. The number of rotatable bonds is 1. The van der Waals surface area contributed by atoms with Gasteiger partial charge in [-0.05, 0) is 24.3 Å². The molecule has 1 rings (SSSR count). The molecule has 3 nitrogen and oxygen atoms in total. The molecule has 3 heteroatoms. The molecule has 0 aliphatic carbocycles. The van der Waals surface area contributed by atoms with Gasteiger partial charge in [0, 0.05) is 19.8 Å². The van der Waals surface area contributed by atoms with E-state index >= 15 is 0 Å². The van der Waals surface area contributed by atoms with Crippen LogP contribution in [0.5, 0.6) is 0 Å². The molecule has 12 heavy (non-hydrogen) atoms. The number of anilines is 1. The molecular formula is C9H12N2O. The molecule has 0 fully saturated rings. The Hall–Kier alpha value is -1.53. The summed E-state index contributed by atoms with van der Waals surface area (Å²) in [5, 5.41) is 8.50. The molecule has 0 saturated heterocycles. The summed E-state index contributed by atoms with van der Waals surface area (Å²) in [6.45, 7) is 0. The fourth-order valence-electron chi connectivity index (χ4n) is 0.834. The molecule has 1 aromatic carbocycles. The first-order valence-electron chi connectivity index (χ1n) is 3.41. The van der Waals surface area contributed by atoms with Crippen molar-refractivity contribution in [2.45, 2.75) is 0 Å². The van der Waals surface area contributed by atoms with Crippen LogP contribution < -0.4 is 4.90 Å². The number of benzene rings is 1. The number of nitriles is 1. The highest BCUT2D eigenvalue weighted by molar-refractivity contribution is 5.48. The van der Waals surface area contributed by atoms with Gasteiger partial charge < -0.3 is 10.4 Å². The van der Waals surface area contributed by atoms with Gasteiger partial charge in [-0.2, -0.15) is 5.26 Å². The standard InChI is InChI=1S/C9H10N2.H2O/c1-11(2)9-5-3-8(7-10)4-6-9;/h3-6H,1-2H3;1H2. The maximum Gasteiger partial charge on any atom is 0.0991 e. The minimum Gasteiger partial charge on any atom is -0.412 e. The lowest BCUT2D eigenvalue weighted by Crippen LogP contribution is -2.07. The van der Waals surface area contributed by atoms with E-state index < -0.39 is 0 Å². The van der Waals surface area contributed by atoms with Gasteiger partial charge in [0.1, 0.15) is 0 Å². The zero-order valence-corrected chi connectivity index (χ0v) is 7.20. The highest BCUT2D eigenvalue weighted by Crippen LogP contribution is 2.10. The molecule has 1 aromatic rings. The zero-order chi connectivity index (χ0) is 8.27. The lowest BCUT2D eigenvalue weighted by atomic mass is 10.2. The third-order valence-electron chi connectivity index (χ3n) is 1.51. The van der Waals surface area contributed by atoms with Crippen molar-refractivity contribution in [3.63, 3.8) is 0 Å². The molecule has 0 radical (unpaired) electrons. The van der Waals surface area contributed by atoms with Crippen LogP contribution in [0.3, 0.4) is 0 Å². The van der Waals surface area contributed by atoms with Crippen molar-refractivity contribution < 1.29 is 5.48 Å². The van der Waals surface area contributed by atoms with E-state index in [1.165, 1.54) is 0 Å². The average molecular weight is 164 g/mol. The molecule has 0 atom stereocenters. The summed E-state index contributed by atoms with van der Waals surface area (Å²) in [6, 6.07) is 9.56. The molecule has 0 saturated carbocycles. The van der Waals surface area contributed by atoms with Crippen LogP contribution in [0.15, 0.2) is 24.3 Å². The minimum absolute atomic E-state index is 0. The van der Waals surface area contributed by atoms with Crippen molar-refractivity contribution in [2.75, 3.05) is 19.0 Å². The smallest absolute Gasteiger partial charge is 0.0991 e. The van der Waals surface area contributed by atoms with Gasteiger partial charge in [-0.3, -0.25) is 0 Å². The van der Waals surface area contributed by atoms with E-state index in [0.29, 0.717) is 5.56 Å². The van der Waals surface area contributed by atoms with Gasteiger partial charge in [-0.15, -0.1) is 0 Å². The monoisotopic (exact) mass is 164 g/mol. The molecule has 0 aliphatic heterocycles. The molecule has 0 aromatic heterocycles. The minimum atomic E-state index is 0. The summed E-state index contributed by atoms with van der Waals surface area (Å²) in [5.74, 6) is 0. The number of nitrogens with zero attached hydrogens (tertiary/aromatic N) is 2. The van der Waals surface area contributed by atoms with Crippen LogP contribution in [0, 0.1) is 11.3 Å². The molecule has 0 spiro atoms. The van der Waals surface area contributed by atoms with Crippen molar-refractivity contribution in [1.29, 1.82) is 5.26 Å². The van der Waals surface area contributed by atoms with Gasteiger partial charge in [0.2, 0.25) is 0 Å². The van der Waals surface area contributed by atoms with Crippen molar-refractivity contribution in [3.8, 4) is 6.07 Å². The number of hydrogen-bond acceptors (Lipinski definition) is 2. The zero-order valence-electron chi connectivity index (χ0n) is 7.20. The maximum absolute atomic E-state index is 8.50. The topological polar surface area (TPSA) is 58.5 Å². The largest absolute Gasteiger partial charge is 0.412 e. The van der Waals surface area contributed by atoms with E-state index in [1.54, 1.807) is 0 Å². The first-order chi connectivity index (χ1) is 5.24. The average Bonchev–Trinajstić information content (AvgIpc) is 2.05.